The molecule has 1 aromatic rings. The van der Waals surface area contributed by atoms with Crippen LogP contribution in [-0.2, 0) is 36.7 Å². The van der Waals surface area contributed by atoms with Gasteiger partial charge in [0, 0.05) is 11.8 Å². The van der Waals surface area contributed by atoms with Crippen LogP contribution in [0.25, 0.3) is 0 Å². The molecule has 0 bridgehead atoms. The lowest BCUT2D eigenvalue weighted by Gasteiger charge is -2.08. The van der Waals surface area contributed by atoms with E-state index in [0.717, 1.165) is 29.7 Å². The van der Waals surface area contributed by atoms with E-state index in [1.54, 1.807) is 6.92 Å². The number of rotatable bonds is 7. The Labute approximate surface area is 148 Å². The monoisotopic (exact) mass is 368 g/mol. The molecule has 0 atom stereocenters. The normalized spacial score (nSPS) is 12.2. The molecule has 136 valence electrons. The zero-order valence-corrected chi connectivity index (χ0v) is 14.9. The van der Waals surface area contributed by atoms with Crippen molar-refractivity contribution < 1.29 is 28.7 Å². The molecule has 0 aliphatic heterocycles. The minimum atomic E-state index is -0.718. The zero-order valence-electron chi connectivity index (χ0n) is 14.1. The third-order valence-electron chi connectivity index (χ3n) is 3.50. The highest BCUT2D eigenvalue weighted by Gasteiger charge is 2.28. The number of carbonyl (C=O) groups is 4. The van der Waals surface area contributed by atoms with Crippen LogP contribution in [0.3, 0.4) is 0 Å². The van der Waals surface area contributed by atoms with Gasteiger partial charge in [0.05, 0.1) is 12.2 Å². The van der Waals surface area contributed by atoms with Crippen LogP contribution in [0, 0.1) is 0 Å². The van der Waals surface area contributed by atoms with Crippen molar-refractivity contribution in [1.29, 1.82) is 0 Å². The summed E-state index contributed by atoms with van der Waals surface area (Å²) in [5.74, 6) is -2.10. The summed E-state index contributed by atoms with van der Waals surface area (Å²) in [5.41, 5.74) is 1.33. The Bertz CT molecular complexity index is 697. The summed E-state index contributed by atoms with van der Waals surface area (Å²) >= 11 is 1.35. The molecule has 9 heteroatoms. The van der Waals surface area contributed by atoms with Crippen molar-refractivity contribution >= 4 is 40.1 Å². The van der Waals surface area contributed by atoms with Gasteiger partial charge >= 0.3 is 11.9 Å². The fourth-order valence-corrected chi connectivity index (χ4v) is 3.76. The smallest absolute Gasteiger partial charge is 0.341 e. The number of carbonyl (C=O) groups excluding carboxylic acids is 4. The van der Waals surface area contributed by atoms with Crippen LogP contribution in [0.15, 0.2) is 0 Å². The van der Waals surface area contributed by atoms with Gasteiger partial charge in [0.2, 0.25) is 5.91 Å². The summed E-state index contributed by atoms with van der Waals surface area (Å²) in [7, 11) is 0. The van der Waals surface area contributed by atoms with E-state index in [9.17, 15) is 19.2 Å². The molecule has 0 spiro atoms. The summed E-state index contributed by atoms with van der Waals surface area (Å²) in [6.45, 7) is 2.44. The summed E-state index contributed by atoms with van der Waals surface area (Å²) < 4.78 is 9.85. The maximum absolute atomic E-state index is 12.2. The molecule has 2 rings (SSSR count). The Kier molecular flexibility index (Phi) is 6.51. The Morgan fingerprint density at radius 2 is 1.92 bits per heavy atom. The summed E-state index contributed by atoms with van der Waals surface area (Å²) in [4.78, 5) is 47.4. The first-order valence-electron chi connectivity index (χ1n) is 7.94. The Balaban J connectivity index is 1.98. The molecule has 1 aromatic heterocycles. The molecule has 1 aliphatic rings. The molecule has 25 heavy (non-hydrogen) atoms. The third kappa shape index (κ3) is 5.02. The molecule has 0 saturated carbocycles. The predicted octanol–water partition coefficient (Wildman–Crippen LogP) is 1.03. The third-order valence-corrected chi connectivity index (χ3v) is 4.71. The van der Waals surface area contributed by atoms with Crippen LogP contribution in [0.5, 0.6) is 0 Å². The van der Waals surface area contributed by atoms with Gasteiger partial charge in [-0.25, -0.2) is 4.79 Å². The number of anilines is 1. The maximum atomic E-state index is 12.2. The predicted molar refractivity (Wildman–Crippen MR) is 90.6 cm³/mol. The second-order valence-corrected chi connectivity index (χ2v) is 6.51. The van der Waals surface area contributed by atoms with E-state index in [1.165, 1.54) is 18.3 Å². The highest BCUT2D eigenvalue weighted by Crippen LogP contribution is 2.39. The van der Waals surface area contributed by atoms with Gasteiger partial charge < -0.3 is 20.1 Å². The number of fused-ring (bicyclic) bond motifs is 1. The minimum Gasteiger partial charge on any atom is -0.462 e. The lowest BCUT2D eigenvalue weighted by molar-refractivity contribution is -0.147. The van der Waals surface area contributed by atoms with Crippen LogP contribution in [0.1, 0.15) is 41.1 Å². The van der Waals surface area contributed by atoms with Gasteiger partial charge in [-0.1, -0.05) is 0 Å². The SMILES string of the molecule is CCOC(=O)c1c(NC(=O)COC(=O)CNC(C)=O)sc2c1CCC2. The topological polar surface area (TPSA) is 111 Å². The number of hydrogen-bond donors (Lipinski definition) is 2. The number of esters is 2. The first-order chi connectivity index (χ1) is 11.9. The van der Waals surface area contributed by atoms with Crippen LogP contribution in [0.4, 0.5) is 5.00 Å². The lowest BCUT2D eigenvalue weighted by atomic mass is 10.1. The first-order valence-corrected chi connectivity index (χ1v) is 8.75. The molecular weight excluding hydrogens is 348 g/mol. The van der Waals surface area contributed by atoms with E-state index in [1.807, 2.05) is 0 Å². The van der Waals surface area contributed by atoms with E-state index in [4.69, 9.17) is 9.47 Å². The minimum absolute atomic E-state index is 0.248. The van der Waals surface area contributed by atoms with Crippen molar-refractivity contribution in [2.24, 2.45) is 0 Å². The van der Waals surface area contributed by atoms with E-state index < -0.39 is 24.5 Å². The van der Waals surface area contributed by atoms with Crippen molar-refractivity contribution in [2.75, 3.05) is 25.1 Å². The molecule has 1 heterocycles. The molecule has 2 amide bonds. The van der Waals surface area contributed by atoms with Crippen LogP contribution >= 0.6 is 11.3 Å². The second-order valence-electron chi connectivity index (χ2n) is 5.40. The molecule has 2 N–H and O–H groups in total. The quantitative estimate of drug-likeness (QED) is 0.696. The van der Waals surface area contributed by atoms with Gasteiger partial charge in [-0.15, -0.1) is 11.3 Å². The fourth-order valence-electron chi connectivity index (χ4n) is 2.47. The number of ether oxygens (including phenoxy) is 2. The van der Waals surface area contributed by atoms with Gasteiger partial charge in [-0.2, -0.15) is 0 Å². The highest BCUT2D eigenvalue weighted by atomic mass is 32.1. The first kappa shape index (κ1) is 18.9. The van der Waals surface area contributed by atoms with Crippen molar-refractivity contribution in [3.8, 4) is 0 Å². The number of hydrogen-bond acceptors (Lipinski definition) is 7. The van der Waals surface area contributed by atoms with Gasteiger partial charge in [0.25, 0.3) is 5.91 Å². The molecule has 0 saturated heterocycles. The standard InChI is InChI=1S/C16H20N2O6S/c1-3-23-16(22)14-10-5-4-6-11(10)25-15(14)18-12(20)8-24-13(21)7-17-9(2)19/h3-8H2,1-2H3,(H,17,19)(H,18,20). The molecular formula is C16H20N2O6S. The summed E-state index contributed by atoms with van der Waals surface area (Å²) in [6, 6.07) is 0. The fraction of sp³-hybridized carbons (Fsp3) is 0.500. The number of nitrogens with one attached hydrogen (secondary N) is 2. The van der Waals surface area contributed by atoms with Crippen molar-refractivity contribution in [1.82, 2.24) is 5.32 Å². The highest BCUT2D eigenvalue weighted by molar-refractivity contribution is 7.17. The maximum Gasteiger partial charge on any atom is 0.341 e. The summed E-state index contributed by atoms with van der Waals surface area (Å²) in [6.07, 6.45) is 2.62. The van der Waals surface area contributed by atoms with Gasteiger partial charge in [0.1, 0.15) is 11.5 Å². The Morgan fingerprint density at radius 3 is 2.60 bits per heavy atom. The summed E-state index contributed by atoms with van der Waals surface area (Å²) in [5, 5.41) is 5.31. The Hall–Kier alpha value is -2.42. The average molecular weight is 368 g/mol. The average Bonchev–Trinajstić information content (AvgIpc) is 3.11. The van der Waals surface area contributed by atoms with Gasteiger partial charge in [0.15, 0.2) is 6.61 Å². The van der Waals surface area contributed by atoms with Crippen molar-refractivity contribution in [3.05, 3.63) is 16.0 Å². The molecule has 0 unspecified atom stereocenters. The lowest BCUT2D eigenvalue weighted by Crippen LogP contribution is -2.30. The van der Waals surface area contributed by atoms with Crippen LogP contribution in [-0.4, -0.2) is 43.5 Å². The second kappa shape index (κ2) is 8.61. The van der Waals surface area contributed by atoms with Crippen LogP contribution in [0.2, 0.25) is 0 Å². The Morgan fingerprint density at radius 1 is 1.16 bits per heavy atom. The molecule has 8 nitrogen and oxygen atoms in total. The number of aryl methyl sites for hydroxylation is 1. The largest absolute Gasteiger partial charge is 0.462 e. The molecule has 0 fully saturated rings. The zero-order chi connectivity index (χ0) is 18.4. The van der Waals surface area contributed by atoms with Crippen molar-refractivity contribution in [3.63, 3.8) is 0 Å². The number of amides is 2. The van der Waals surface area contributed by atoms with E-state index in [2.05, 4.69) is 10.6 Å². The van der Waals surface area contributed by atoms with E-state index >= 15 is 0 Å². The van der Waals surface area contributed by atoms with Gasteiger partial charge in [-0.05, 0) is 31.7 Å². The van der Waals surface area contributed by atoms with E-state index in [0.29, 0.717) is 10.6 Å². The van der Waals surface area contributed by atoms with Crippen molar-refractivity contribution in [2.45, 2.75) is 33.1 Å². The molecule has 0 radical (unpaired) electrons. The molecule has 0 aromatic carbocycles. The van der Waals surface area contributed by atoms with E-state index in [-0.39, 0.29) is 19.1 Å². The van der Waals surface area contributed by atoms with Gasteiger partial charge in [-0.3, -0.25) is 14.4 Å². The number of thiophene rings is 1. The van der Waals surface area contributed by atoms with Crippen LogP contribution < -0.4 is 10.6 Å². The molecule has 1 aliphatic carbocycles.